The Hall–Kier alpha value is -4.34. The first-order chi connectivity index (χ1) is 22.4. The number of amides is 2. The van der Waals surface area contributed by atoms with Gasteiger partial charge in [-0.25, -0.2) is 8.42 Å². The van der Waals surface area contributed by atoms with Crippen LogP contribution in [0, 0.1) is 13.8 Å². The summed E-state index contributed by atoms with van der Waals surface area (Å²) in [6, 6.07) is 26.9. The topological polar surface area (TPSA) is 96.0 Å². The second-order valence-electron chi connectivity index (χ2n) is 11.7. The molecule has 0 saturated heterocycles. The lowest BCUT2D eigenvalue weighted by Crippen LogP contribution is -2.54. The molecular weight excluding hydrogens is 634 g/mol. The third-order valence-electron chi connectivity index (χ3n) is 8.09. The van der Waals surface area contributed by atoms with Crippen LogP contribution >= 0.6 is 11.6 Å². The van der Waals surface area contributed by atoms with E-state index in [9.17, 15) is 18.0 Å². The first-order valence-corrected chi connectivity index (χ1v) is 17.4. The molecule has 2 atom stereocenters. The number of halogens is 1. The molecule has 0 aliphatic carbocycles. The van der Waals surface area contributed by atoms with E-state index in [4.69, 9.17) is 16.3 Å². The van der Waals surface area contributed by atoms with Gasteiger partial charge in [-0.1, -0.05) is 84.8 Å². The van der Waals surface area contributed by atoms with Crippen LogP contribution in [-0.2, 0) is 32.6 Å². The lowest BCUT2D eigenvalue weighted by atomic mass is 10.0. The van der Waals surface area contributed by atoms with Gasteiger partial charge in [-0.15, -0.1) is 0 Å². The maximum absolute atomic E-state index is 14.6. The zero-order valence-corrected chi connectivity index (χ0v) is 29.0. The molecular formula is C37H42ClN3O5S. The van der Waals surface area contributed by atoms with E-state index < -0.39 is 28.5 Å². The van der Waals surface area contributed by atoms with E-state index in [1.807, 2.05) is 70.2 Å². The smallest absolute Gasteiger partial charge is 0.264 e. The van der Waals surface area contributed by atoms with Gasteiger partial charge in [-0.05, 0) is 80.3 Å². The van der Waals surface area contributed by atoms with E-state index in [0.29, 0.717) is 17.2 Å². The van der Waals surface area contributed by atoms with Crippen LogP contribution in [0.1, 0.15) is 42.5 Å². The molecule has 0 saturated carbocycles. The summed E-state index contributed by atoms with van der Waals surface area (Å²) in [6.45, 7) is 7.02. The molecule has 0 radical (unpaired) electrons. The average molecular weight is 676 g/mol. The number of methoxy groups -OCH3 is 1. The molecule has 4 aromatic rings. The van der Waals surface area contributed by atoms with Gasteiger partial charge in [0.05, 0.1) is 17.7 Å². The van der Waals surface area contributed by atoms with Crippen molar-refractivity contribution >= 4 is 39.1 Å². The van der Waals surface area contributed by atoms with Crippen molar-refractivity contribution in [2.24, 2.45) is 0 Å². The van der Waals surface area contributed by atoms with Crippen molar-refractivity contribution in [3.05, 3.63) is 124 Å². The Morgan fingerprint density at radius 1 is 0.894 bits per heavy atom. The predicted octanol–water partition coefficient (Wildman–Crippen LogP) is 6.72. The van der Waals surface area contributed by atoms with Crippen LogP contribution in [-0.4, -0.2) is 50.9 Å². The standard InChI is InChI=1S/C37H42ClN3O5S/c1-6-28(4)39-37(43)35(22-29-11-8-7-9-12-29)40(24-30-13-10-14-32(21-30)46-5)36(42)25-41(31-18-17-27(3)34(38)23-31)47(44,45)33-19-15-26(2)16-20-33/h7-21,23,28,35H,6,22,24-25H2,1-5H3,(H,39,43)/t28-,35-/m0/s1. The second-order valence-corrected chi connectivity index (χ2v) is 13.9. The Bertz CT molecular complexity index is 1780. The lowest BCUT2D eigenvalue weighted by molar-refractivity contribution is -0.140. The molecule has 4 rings (SSSR count). The number of benzene rings is 4. The maximum Gasteiger partial charge on any atom is 0.264 e. The summed E-state index contributed by atoms with van der Waals surface area (Å²) < 4.78 is 35.0. The summed E-state index contributed by atoms with van der Waals surface area (Å²) in [5.41, 5.74) is 3.47. The van der Waals surface area contributed by atoms with Crippen molar-refractivity contribution in [1.29, 1.82) is 0 Å². The van der Waals surface area contributed by atoms with Crippen LogP contribution in [0.3, 0.4) is 0 Å². The molecule has 0 fully saturated rings. The summed E-state index contributed by atoms with van der Waals surface area (Å²) in [4.78, 5) is 30.1. The summed E-state index contributed by atoms with van der Waals surface area (Å²) in [6.07, 6.45) is 0.921. The molecule has 0 aliphatic heterocycles. The third-order valence-corrected chi connectivity index (χ3v) is 10.3. The van der Waals surface area contributed by atoms with Crippen LogP contribution in [0.25, 0.3) is 0 Å². The fourth-order valence-electron chi connectivity index (χ4n) is 5.07. The zero-order valence-electron chi connectivity index (χ0n) is 27.4. The molecule has 0 spiro atoms. The number of carbonyl (C=O) groups is 2. The second kappa shape index (κ2) is 16.0. The van der Waals surface area contributed by atoms with Gasteiger partial charge in [0.1, 0.15) is 18.3 Å². The zero-order chi connectivity index (χ0) is 34.1. The number of nitrogens with zero attached hydrogens (tertiary/aromatic N) is 2. The molecule has 0 aliphatic rings. The lowest BCUT2D eigenvalue weighted by Gasteiger charge is -2.34. The van der Waals surface area contributed by atoms with E-state index in [1.54, 1.807) is 49.6 Å². The number of aryl methyl sites for hydroxylation is 2. The summed E-state index contributed by atoms with van der Waals surface area (Å²) in [5, 5.41) is 3.41. The van der Waals surface area contributed by atoms with E-state index in [1.165, 1.54) is 17.0 Å². The van der Waals surface area contributed by atoms with Gasteiger partial charge < -0.3 is 15.0 Å². The number of carbonyl (C=O) groups excluding carboxylic acids is 2. The molecule has 0 aromatic heterocycles. The number of anilines is 1. The number of hydrogen-bond acceptors (Lipinski definition) is 5. The quantitative estimate of drug-likeness (QED) is 0.160. The fraction of sp³-hybridized carbons (Fsp3) is 0.297. The predicted molar refractivity (Wildman–Crippen MR) is 187 cm³/mol. The Morgan fingerprint density at radius 2 is 1.57 bits per heavy atom. The average Bonchev–Trinajstić information content (AvgIpc) is 3.07. The van der Waals surface area contributed by atoms with Crippen molar-refractivity contribution in [2.75, 3.05) is 18.0 Å². The molecule has 4 aromatic carbocycles. The third kappa shape index (κ3) is 9.14. The molecule has 248 valence electrons. The van der Waals surface area contributed by atoms with Crippen LogP contribution < -0.4 is 14.4 Å². The molecule has 47 heavy (non-hydrogen) atoms. The highest BCUT2D eigenvalue weighted by atomic mass is 35.5. The van der Waals surface area contributed by atoms with Crippen molar-refractivity contribution in [1.82, 2.24) is 10.2 Å². The molecule has 2 amide bonds. The highest BCUT2D eigenvalue weighted by molar-refractivity contribution is 7.92. The highest BCUT2D eigenvalue weighted by Gasteiger charge is 2.35. The minimum absolute atomic E-state index is 0.0299. The number of nitrogens with one attached hydrogen (secondary N) is 1. The van der Waals surface area contributed by atoms with Crippen LogP contribution in [0.4, 0.5) is 5.69 Å². The van der Waals surface area contributed by atoms with Crippen molar-refractivity contribution in [3.63, 3.8) is 0 Å². The van der Waals surface area contributed by atoms with E-state index in [0.717, 1.165) is 26.6 Å². The van der Waals surface area contributed by atoms with Gasteiger partial charge in [-0.2, -0.15) is 0 Å². The van der Waals surface area contributed by atoms with Crippen molar-refractivity contribution in [2.45, 2.75) is 64.1 Å². The van der Waals surface area contributed by atoms with Crippen LogP contribution in [0.5, 0.6) is 5.75 Å². The largest absolute Gasteiger partial charge is 0.497 e. The number of sulfonamides is 1. The van der Waals surface area contributed by atoms with E-state index >= 15 is 0 Å². The Labute approximate surface area is 283 Å². The Morgan fingerprint density at radius 3 is 2.21 bits per heavy atom. The van der Waals surface area contributed by atoms with Crippen molar-refractivity contribution in [3.8, 4) is 5.75 Å². The normalized spacial score (nSPS) is 12.6. The molecule has 1 N–H and O–H groups in total. The van der Waals surface area contributed by atoms with Gasteiger partial charge in [0, 0.05) is 24.0 Å². The van der Waals surface area contributed by atoms with Crippen molar-refractivity contribution < 1.29 is 22.7 Å². The van der Waals surface area contributed by atoms with Crippen LogP contribution in [0.2, 0.25) is 5.02 Å². The monoisotopic (exact) mass is 675 g/mol. The highest BCUT2D eigenvalue weighted by Crippen LogP contribution is 2.29. The first-order valence-electron chi connectivity index (χ1n) is 15.5. The summed E-state index contributed by atoms with van der Waals surface area (Å²) in [5.74, 6) is -0.289. The SMILES string of the molecule is CC[C@H](C)NC(=O)[C@H](Cc1ccccc1)N(Cc1cccc(OC)c1)C(=O)CN(c1ccc(C)c(Cl)c1)S(=O)(=O)c1ccc(C)cc1. The number of rotatable bonds is 14. The molecule has 0 unspecified atom stereocenters. The van der Waals surface area contributed by atoms with Gasteiger partial charge in [0.2, 0.25) is 11.8 Å². The molecule has 8 nitrogen and oxygen atoms in total. The maximum atomic E-state index is 14.6. The van der Waals surface area contributed by atoms with E-state index in [2.05, 4.69) is 5.32 Å². The fourth-order valence-corrected chi connectivity index (χ4v) is 6.65. The van der Waals surface area contributed by atoms with Gasteiger partial charge in [0.25, 0.3) is 10.0 Å². The summed E-state index contributed by atoms with van der Waals surface area (Å²) >= 11 is 6.47. The Balaban J connectivity index is 1.83. The first kappa shape index (κ1) is 35.5. The van der Waals surface area contributed by atoms with Gasteiger partial charge >= 0.3 is 0 Å². The molecule has 10 heteroatoms. The Kier molecular flexibility index (Phi) is 12.1. The minimum atomic E-state index is -4.23. The number of hydrogen-bond donors (Lipinski definition) is 1. The van der Waals surface area contributed by atoms with Gasteiger partial charge in [-0.3, -0.25) is 13.9 Å². The number of ether oxygens (including phenoxy) is 1. The molecule has 0 bridgehead atoms. The summed E-state index contributed by atoms with van der Waals surface area (Å²) in [7, 11) is -2.68. The minimum Gasteiger partial charge on any atom is -0.497 e. The van der Waals surface area contributed by atoms with E-state index in [-0.39, 0.29) is 35.5 Å². The van der Waals surface area contributed by atoms with Crippen LogP contribution in [0.15, 0.2) is 102 Å². The van der Waals surface area contributed by atoms with Gasteiger partial charge in [0.15, 0.2) is 0 Å². The molecule has 0 heterocycles.